The topological polar surface area (TPSA) is 15.3 Å². The van der Waals surface area contributed by atoms with Crippen molar-refractivity contribution in [2.75, 3.05) is 19.6 Å². The summed E-state index contributed by atoms with van der Waals surface area (Å²) in [4.78, 5) is 2.63. The molecular formula is C17H34N2. The molecule has 2 heteroatoms. The van der Waals surface area contributed by atoms with Crippen LogP contribution in [-0.4, -0.2) is 36.6 Å². The van der Waals surface area contributed by atoms with Crippen molar-refractivity contribution in [1.29, 1.82) is 0 Å². The number of hydrogen-bond donors (Lipinski definition) is 1. The summed E-state index contributed by atoms with van der Waals surface area (Å²) < 4.78 is 0. The Morgan fingerprint density at radius 2 is 1.68 bits per heavy atom. The molecule has 0 amide bonds. The van der Waals surface area contributed by atoms with Gasteiger partial charge in [-0.1, -0.05) is 33.6 Å². The minimum absolute atomic E-state index is 0.450. The molecule has 0 bridgehead atoms. The normalized spacial score (nSPS) is 31.6. The first kappa shape index (κ1) is 15.3. The monoisotopic (exact) mass is 266 g/mol. The van der Waals surface area contributed by atoms with Crippen LogP contribution in [0.15, 0.2) is 0 Å². The van der Waals surface area contributed by atoms with Gasteiger partial charge in [0.05, 0.1) is 0 Å². The minimum Gasteiger partial charge on any atom is -0.310 e. The Labute approximate surface area is 120 Å². The van der Waals surface area contributed by atoms with Crippen LogP contribution in [0.25, 0.3) is 0 Å². The third kappa shape index (κ3) is 4.46. The predicted molar refractivity (Wildman–Crippen MR) is 83.5 cm³/mol. The molecule has 3 atom stereocenters. The molecule has 1 heterocycles. The lowest BCUT2D eigenvalue weighted by atomic mass is 9.69. The second-order valence-corrected chi connectivity index (χ2v) is 7.94. The van der Waals surface area contributed by atoms with E-state index >= 15 is 0 Å². The van der Waals surface area contributed by atoms with Crippen LogP contribution in [0.1, 0.15) is 66.2 Å². The lowest BCUT2D eigenvalue weighted by Gasteiger charge is -2.42. The maximum absolute atomic E-state index is 3.96. The maximum Gasteiger partial charge on any atom is 0.0169 e. The van der Waals surface area contributed by atoms with E-state index in [1.54, 1.807) is 0 Å². The summed E-state index contributed by atoms with van der Waals surface area (Å²) >= 11 is 0. The van der Waals surface area contributed by atoms with Crippen LogP contribution in [0.3, 0.4) is 0 Å². The molecule has 1 aliphatic heterocycles. The summed E-state index contributed by atoms with van der Waals surface area (Å²) in [6, 6.07) is 1.39. The van der Waals surface area contributed by atoms with Crippen LogP contribution in [0.2, 0.25) is 0 Å². The molecule has 0 aromatic rings. The SMILES string of the molecule is CC(CN1CCCC1)NC1CCCCC1C(C)(C)C. The Hall–Kier alpha value is -0.0800. The fourth-order valence-corrected chi connectivity index (χ4v) is 4.14. The van der Waals surface area contributed by atoms with Crippen LogP contribution in [0, 0.1) is 11.3 Å². The molecule has 1 N–H and O–H groups in total. The molecule has 0 aromatic heterocycles. The van der Waals surface area contributed by atoms with E-state index in [2.05, 4.69) is 37.9 Å². The smallest absolute Gasteiger partial charge is 0.0169 e. The van der Waals surface area contributed by atoms with Crippen LogP contribution >= 0.6 is 0 Å². The Morgan fingerprint density at radius 3 is 2.32 bits per heavy atom. The van der Waals surface area contributed by atoms with E-state index in [4.69, 9.17) is 0 Å². The average Bonchev–Trinajstić information content (AvgIpc) is 2.81. The summed E-state index contributed by atoms with van der Waals surface area (Å²) in [6.45, 7) is 13.5. The van der Waals surface area contributed by atoms with Gasteiger partial charge in [0.2, 0.25) is 0 Å². The molecule has 1 saturated carbocycles. The molecule has 0 radical (unpaired) electrons. The molecule has 2 rings (SSSR count). The van der Waals surface area contributed by atoms with Gasteiger partial charge >= 0.3 is 0 Å². The fraction of sp³-hybridized carbons (Fsp3) is 1.00. The average molecular weight is 266 g/mol. The molecule has 0 aromatic carbocycles. The summed E-state index contributed by atoms with van der Waals surface area (Å²) in [5.74, 6) is 0.849. The lowest BCUT2D eigenvalue weighted by molar-refractivity contribution is 0.119. The van der Waals surface area contributed by atoms with Gasteiger partial charge in [0, 0.05) is 18.6 Å². The largest absolute Gasteiger partial charge is 0.310 e. The van der Waals surface area contributed by atoms with Gasteiger partial charge in [-0.25, -0.2) is 0 Å². The van der Waals surface area contributed by atoms with Crippen molar-refractivity contribution in [1.82, 2.24) is 10.2 Å². The minimum atomic E-state index is 0.450. The number of nitrogens with one attached hydrogen (secondary N) is 1. The van der Waals surface area contributed by atoms with Crippen molar-refractivity contribution in [2.45, 2.75) is 78.3 Å². The van der Waals surface area contributed by atoms with E-state index in [1.165, 1.54) is 58.2 Å². The zero-order chi connectivity index (χ0) is 13.9. The Balaban J connectivity index is 1.84. The molecule has 112 valence electrons. The van der Waals surface area contributed by atoms with E-state index in [-0.39, 0.29) is 0 Å². The predicted octanol–water partition coefficient (Wildman–Crippen LogP) is 3.67. The van der Waals surface area contributed by atoms with Crippen LogP contribution in [-0.2, 0) is 0 Å². The van der Waals surface area contributed by atoms with Crippen molar-refractivity contribution >= 4 is 0 Å². The van der Waals surface area contributed by atoms with Gasteiger partial charge in [0.15, 0.2) is 0 Å². The summed E-state index contributed by atoms with van der Waals surface area (Å²) in [7, 11) is 0. The second kappa shape index (κ2) is 6.58. The molecular weight excluding hydrogens is 232 g/mol. The molecule has 19 heavy (non-hydrogen) atoms. The third-order valence-electron chi connectivity index (χ3n) is 5.11. The van der Waals surface area contributed by atoms with Crippen molar-refractivity contribution in [3.05, 3.63) is 0 Å². The number of hydrogen-bond acceptors (Lipinski definition) is 2. The van der Waals surface area contributed by atoms with Gasteiger partial charge < -0.3 is 10.2 Å². The summed E-state index contributed by atoms with van der Waals surface area (Å²) in [5, 5.41) is 3.96. The zero-order valence-electron chi connectivity index (χ0n) is 13.5. The summed E-state index contributed by atoms with van der Waals surface area (Å²) in [5.41, 5.74) is 0.450. The van der Waals surface area contributed by atoms with E-state index in [0.717, 1.165) is 12.0 Å². The summed E-state index contributed by atoms with van der Waals surface area (Å²) in [6.07, 6.45) is 8.45. The van der Waals surface area contributed by atoms with Gasteiger partial charge in [0.1, 0.15) is 0 Å². The van der Waals surface area contributed by atoms with E-state index in [0.29, 0.717) is 11.5 Å². The van der Waals surface area contributed by atoms with Crippen molar-refractivity contribution in [2.24, 2.45) is 11.3 Å². The Bertz CT molecular complexity index is 263. The van der Waals surface area contributed by atoms with Gasteiger partial charge in [-0.2, -0.15) is 0 Å². The first-order chi connectivity index (χ1) is 8.97. The van der Waals surface area contributed by atoms with Crippen molar-refractivity contribution < 1.29 is 0 Å². The Kier molecular flexibility index (Phi) is 5.30. The first-order valence-corrected chi connectivity index (χ1v) is 8.45. The standard InChI is InChI=1S/C17H34N2/c1-14(13-19-11-7-8-12-19)18-16-10-6-5-9-15(16)17(2,3)4/h14-16,18H,5-13H2,1-4H3. The molecule has 3 unspecified atom stereocenters. The highest BCUT2D eigenvalue weighted by molar-refractivity contribution is 4.90. The lowest BCUT2D eigenvalue weighted by Crippen LogP contribution is -2.50. The number of nitrogens with zero attached hydrogens (tertiary/aromatic N) is 1. The van der Waals surface area contributed by atoms with Crippen LogP contribution in [0.5, 0.6) is 0 Å². The molecule has 2 aliphatic rings. The first-order valence-electron chi connectivity index (χ1n) is 8.45. The Morgan fingerprint density at radius 1 is 1.05 bits per heavy atom. The van der Waals surface area contributed by atoms with E-state index in [1.807, 2.05) is 0 Å². The molecule has 1 saturated heterocycles. The number of rotatable bonds is 4. The van der Waals surface area contributed by atoms with Gasteiger partial charge in [-0.05, 0) is 57.0 Å². The molecule has 2 nitrogen and oxygen atoms in total. The zero-order valence-corrected chi connectivity index (χ0v) is 13.5. The fourth-order valence-electron chi connectivity index (χ4n) is 4.14. The van der Waals surface area contributed by atoms with Gasteiger partial charge in [-0.3, -0.25) is 0 Å². The second-order valence-electron chi connectivity index (χ2n) is 7.94. The molecule has 0 spiro atoms. The maximum atomic E-state index is 3.96. The van der Waals surface area contributed by atoms with E-state index in [9.17, 15) is 0 Å². The van der Waals surface area contributed by atoms with E-state index < -0.39 is 0 Å². The molecule has 2 fully saturated rings. The van der Waals surface area contributed by atoms with Gasteiger partial charge in [-0.15, -0.1) is 0 Å². The van der Waals surface area contributed by atoms with Crippen LogP contribution < -0.4 is 5.32 Å². The number of likely N-dealkylation sites (tertiary alicyclic amines) is 1. The molecule has 1 aliphatic carbocycles. The van der Waals surface area contributed by atoms with Crippen molar-refractivity contribution in [3.8, 4) is 0 Å². The highest BCUT2D eigenvalue weighted by Gasteiger charge is 2.34. The third-order valence-corrected chi connectivity index (χ3v) is 5.11. The van der Waals surface area contributed by atoms with Crippen molar-refractivity contribution in [3.63, 3.8) is 0 Å². The van der Waals surface area contributed by atoms with Gasteiger partial charge in [0.25, 0.3) is 0 Å². The van der Waals surface area contributed by atoms with Crippen LogP contribution in [0.4, 0.5) is 0 Å². The highest BCUT2D eigenvalue weighted by Crippen LogP contribution is 2.38. The highest BCUT2D eigenvalue weighted by atomic mass is 15.2. The quantitative estimate of drug-likeness (QED) is 0.835.